The van der Waals surface area contributed by atoms with E-state index in [0.29, 0.717) is 16.0 Å². The number of nitrogens with zero attached hydrogens (tertiary/aromatic N) is 1. The first-order valence-corrected chi connectivity index (χ1v) is 6.40. The number of halogens is 1. The molecule has 2 aromatic rings. The van der Waals surface area contributed by atoms with E-state index >= 15 is 0 Å². The number of hydrogen-bond donors (Lipinski definition) is 2. The number of aryl methyl sites for hydroxylation is 1. The Kier molecular flexibility index (Phi) is 3.48. The molecule has 0 bridgehead atoms. The lowest BCUT2D eigenvalue weighted by atomic mass is 10.0. The van der Waals surface area contributed by atoms with Crippen molar-refractivity contribution in [3.63, 3.8) is 0 Å². The van der Waals surface area contributed by atoms with Crippen LogP contribution in [-0.4, -0.2) is 27.1 Å². The van der Waals surface area contributed by atoms with Gasteiger partial charge in [0, 0.05) is 29.2 Å². The number of carbonyl (C=O) groups is 2. The molecule has 0 atom stereocenters. The first-order valence-electron chi connectivity index (χ1n) is 6.03. The molecular formula is C14H15ClN2O3. The lowest BCUT2D eigenvalue weighted by Gasteiger charge is -2.20. The van der Waals surface area contributed by atoms with E-state index in [4.69, 9.17) is 16.7 Å². The van der Waals surface area contributed by atoms with Gasteiger partial charge in [-0.15, -0.1) is 0 Å². The van der Waals surface area contributed by atoms with Crippen LogP contribution in [0.2, 0.25) is 5.02 Å². The number of aromatic nitrogens is 1. The van der Waals surface area contributed by atoms with Crippen LogP contribution in [0.4, 0.5) is 0 Å². The molecule has 0 radical (unpaired) electrons. The molecule has 5 nitrogen and oxygen atoms in total. The Bertz CT molecular complexity index is 704. The zero-order chi connectivity index (χ0) is 15.1. The van der Waals surface area contributed by atoms with Gasteiger partial charge in [-0.05, 0) is 32.0 Å². The van der Waals surface area contributed by atoms with Crippen molar-refractivity contribution < 1.29 is 14.7 Å². The molecule has 6 heteroatoms. The van der Waals surface area contributed by atoms with Gasteiger partial charge in [-0.3, -0.25) is 4.79 Å². The average molecular weight is 295 g/mol. The fraction of sp³-hybridized carbons (Fsp3) is 0.286. The molecule has 0 saturated heterocycles. The summed E-state index contributed by atoms with van der Waals surface area (Å²) in [6.45, 7) is 2.87. The topological polar surface area (TPSA) is 71.3 Å². The maximum Gasteiger partial charge on any atom is 0.328 e. The summed E-state index contributed by atoms with van der Waals surface area (Å²) < 4.78 is 1.80. The Morgan fingerprint density at radius 1 is 1.35 bits per heavy atom. The van der Waals surface area contributed by atoms with Crippen molar-refractivity contribution in [2.75, 3.05) is 0 Å². The molecule has 1 heterocycles. The summed E-state index contributed by atoms with van der Waals surface area (Å²) in [5.41, 5.74) is -0.0790. The number of amides is 1. The Balaban J connectivity index is 2.45. The molecule has 106 valence electrons. The van der Waals surface area contributed by atoms with Crippen LogP contribution in [0.5, 0.6) is 0 Å². The van der Waals surface area contributed by atoms with Crippen LogP contribution in [0, 0.1) is 0 Å². The molecule has 0 saturated carbocycles. The van der Waals surface area contributed by atoms with Crippen LogP contribution in [-0.2, 0) is 11.8 Å². The molecule has 0 aliphatic heterocycles. The lowest BCUT2D eigenvalue weighted by Crippen LogP contribution is -2.49. The highest BCUT2D eigenvalue weighted by atomic mass is 35.5. The van der Waals surface area contributed by atoms with E-state index in [0.717, 1.165) is 5.52 Å². The van der Waals surface area contributed by atoms with Crippen LogP contribution < -0.4 is 5.32 Å². The van der Waals surface area contributed by atoms with Crippen molar-refractivity contribution >= 4 is 34.4 Å². The molecule has 2 N–H and O–H groups in total. The number of hydrogen-bond acceptors (Lipinski definition) is 2. The fourth-order valence-corrected chi connectivity index (χ4v) is 2.12. The van der Waals surface area contributed by atoms with E-state index < -0.39 is 17.4 Å². The summed E-state index contributed by atoms with van der Waals surface area (Å²) in [5.74, 6) is -1.53. The molecule has 1 aromatic heterocycles. The van der Waals surface area contributed by atoms with E-state index in [2.05, 4.69) is 5.32 Å². The van der Waals surface area contributed by atoms with Gasteiger partial charge in [-0.2, -0.15) is 0 Å². The zero-order valence-corrected chi connectivity index (χ0v) is 12.2. The first kappa shape index (κ1) is 14.4. The fourth-order valence-electron chi connectivity index (χ4n) is 1.95. The van der Waals surface area contributed by atoms with Crippen LogP contribution in [0.15, 0.2) is 24.4 Å². The number of carbonyl (C=O) groups excluding carboxylic acids is 1. The molecule has 0 spiro atoms. The summed E-state index contributed by atoms with van der Waals surface area (Å²) in [6, 6.07) is 5.25. The molecule has 1 aromatic carbocycles. The van der Waals surface area contributed by atoms with Gasteiger partial charge < -0.3 is 15.0 Å². The molecule has 0 unspecified atom stereocenters. The van der Waals surface area contributed by atoms with Crippen molar-refractivity contribution in [3.8, 4) is 0 Å². The standard InChI is InChI=1S/C14H15ClN2O3/c1-14(2,13(19)20)16-12(18)10-7-17(3)11-5-4-8(15)6-9(10)11/h4-7H,1-3H3,(H,16,18)(H,19,20). The van der Waals surface area contributed by atoms with Gasteiger partial charge in [-0.1, -0.05) is 11.6 Å². The van der Waals surface area contributed by atoms with E-state index in [9.17, 15) is 9.59 Å². The second kappa shape index (κ2) is 4.83. The number of aliphatic carboxylic acids is 1. The van der Waals surface area contributed by atoms with E-state index in [1.807, 2.05) is 13.1 Å². The highest BCUT2D eigenvalue weighted by Crippen LogP contribution is 2.24. The summed E-state index contributed by atoms with van der Waals surface area (Å²) in [6.07, 6.45) is 1.66. The van der Waals surface area contributed by atoms with E-state index in [-0.39, 0.29) is 0 Å². The van der Waals surface area contributed by atoms with Crippen molar-refractivity contribution in [1.29, 1.82) is 0 Å². The van der Waals surface area contributed by atoms with E-state index in [1.165, 1.54) is 13.8 Å². The smallest absolute Gasteiger partial charge is 0.328 e. The highest BCUT2D eigenvalue weighted by Gasteiger charge is 2.30. The highest BCUT2D eigenvalue weighted by molar-refractivity contribution is 6.31. The second-order valence-corrected chi connectivity index (χ2v) is 5.64. The quantitative estimate of drug-likeness (QED) is 0.913. The first-order chi connectivity index (χ1) is 9.22. The Morgan fingerprint density at radius 2 is 2.00 bits per heavy atom. The summed E-state index contributed by atoms with van der Waals surface area (Å²) in [5, 5.41) is 12.8. The molecule has 2 rings (SSSR count). The monoisotopic (exact) mass is 294 g/mol. The number of carboxylic acid groups (broad SMARTS) is 1. The van der Waals surface area contributed by atoms with Gasteiger partial charge in [0.1, 0.15) is 5.54 Å². The van der Waals surface area contributed by atoms with Crippen LogP contribution in [0.1, 0.15) is 24.2 Å². The van der Waals surface area contributed by atoms with Gasteiger partial charge >= 0.3 is 5.97 Å². The largest absolute Gasteiger partial charge is 0.480 e. The number of carboxylic acids is 1. The van der Waals surface area contributed by atoms with E-state index in [1.54, 1.807) is 22.9 Å². The third kappa shape index (κ3) is 2.49. The lowest BCUT2D eigenvalue weighted by molar-refractivity contribution is -0.143. The minimum atomic E-state index is -1.34. The average Bonchev–Trinajstić information content (AvgIpc) is 2.65. The van der Waals surface area contributed by atoms with Crippen molar-refractivity contribution in [2.45, 2.75) is 19.4 Å². The van der Waals surface area contributed by atoms with Gasteiger partial charge in [0.25, 0.3) is 5.91 Å². The molecule has 1 amide bonds. The molecule has 0 aliphatic rings. The summed E-state index contributed by atoms with van der Waals surface area (Å²) in [7, 11) is 1.81. The minimum Gasteiger partial charge on any atom is -0.480 e. The zero-order valence-electron chi connectivity index (χ0n) is 11.4. The van der Waals surface area contributed by atoms with Crippen LogP contribution in [0.3, 0.4) is 0 Å². The Labute approximate surface area is 121 Å². The summed E-state index contributed by atoms with van der Waals surface area (Å²) in [4.78, 5) is 23.3. The van der Waals surface area contributed by atoms with Crippen LogP contribution >= 0.6 is 11.6 Å². The number of benzene rings is 1. The van der Waals surface area contributed by atoms with Crippen molar-refractivity contribution in [3.05, 3.63) is 35.0 Å². The minimum absolute atomic E-state index is 0.402. The number of nitrogens with one attached hydrogen (secondary N) is 1. The molecular weight excluding hydrogens is 280 g/mol. The predicted molar refractivity (Wildman–Crippen MR) is 77.1 cm³/mol. The third-order valence-corrected chi connectivity index (χ3v) is 3.39. The van der Waals surface area contributed by atoms with Gasteiger partial charge in [0.2, 0.25) is 0 Å². The van der Waals surface area contributed by atoms with Crippen LogP contribution in [0.25, 0.3) is 10.9 Å². The maximum absolute atomic E-state index is 12.3. The van der Waals surface area contributed by atoms with Gasteiger partial charge in [-0.25, -0.2) is 4.79 Å². The molecule has 0 aliphatic carbocycles. The molecule has 20 heavy (non-hydrogen) atoms. The number of fused-ring (bicyclic) bond motifs is 1. The third-order valence-electron chi connectivity index (χ3n) is 3.16. The molecule has 0 fully saturated rings. The summed E-state index contributed by atoms with van der Waals surface area (Å²) >= 11 is 5.95. The second-order valence-electron chi connectivity index (χ2n) is 5.20. The Morgan fingerprint density at radius 3 is 2.60 bits per heavy atom. The SMILES string of the molecule is Cn1cc(C(=O)NC(C)(C)C(=O)O)c2cc(Cl)ccc21. The van der Waals surface area contributed by atoms with Crippen molar-refractivity contribution in [2.24, 2.45) is 7.05 Å². The maximum atomic E-state index is 12.3. The predicted octanol–water partition coefficient (Wildman–Crippen LogP) is 2.42. The van der Waals surface area contributed by atoms with Crippen molar-refractivity contribution in [1.82, 2.24) is 9.88 Å². The number of rotatable bonds is 3. The van der Waals surface area contributed by atoms with Gasteiger partial charge in [0.05, 0.1) is 5.56 Å². The Hall–Kier alpha value is -2.01. The normalized spacial score (nSPS) is 11.6. The van der Waals surface area contributed by atoms with Gasteiger partial charge in [0.15, 0.2) is 0 Å².